The summed E-state index contributed by atoms with van der Waals surface area (Å²) >= 11 is 0. The second-order valence-electron chi connectivity index (χ2n) is 6.12. The van der Waals surface area contributed by atoms with Gasteiger partial charge in [0.25, 0.3) is 11.6 Å². The number of amides is 3. The molecule has 0 atom stereocenters. The molecule has 0 spiro atoms. The highest BCUT2D eigenvalue weighted by Crippen LogP contribution is 2.25. The lowest BCUT2D eigenvalue weighted by Gasteiger charge is -2.05. The van der Waals surface area contributed by atoms with Crippen LogP contribution in [0.2, 0.25) is 0 Å². The number of para-hydroxylation sites is 1. The Balaban J connectivity index is 1.72. The lowest BCUT2D eigenvalue weighted by Crippen LogP contribution is -2.22. The standard InChI is InChI=1S/C19H14N4O4/c24-18-16(20-19(25)21-18)9-13-11-22(17-4-2-1-3-15(13)17)10-12-5-7-14(8-6-12)23(26)27/h1-9,11H,10H2,(H2,20,21,24,25)/b16-9+. The van der Waals surface area contributed by atoms with Crippen LogP contribution in [0.4, 0.5) is 10.5 Å². The molecule has 1 fully saturated rings. The van der Waals surface area contributed by atoms with Crippen LogP contribution in [-0.2, 0) is 11.3 Å². The quantitative estimate of drug-likeness (QED) is 0.322. The molecule has 27 heavy (non-hydrogen) atoms. The summed E-state index contributed by atoms with van der Waals surface area (Å²) in [6, 6.07) is 13.5. The van der Waals surface area contributed by atoms with Crippen LogP contribution in [0, 0.1) is 10.1 Å². The van der Waals surface area contributed by atoms with Gasteiger partial charge in [-0.25, -0.2) is 4.79 Å². The first-order chi connectivity index (χ1) is 13.0. The van der Waals surface area contributed by atoms with E-state index < -0.39 is 16.9 Å². The summed E-state index contributed by atoms with van der Waals surface area (Å²) in [6.07, 6.45) is 3.52. The zero-order valence-electron chi connectivity index (χ0n) is 14.0. The highest BCUT2D eigenvalue weighted by atomic mass is 16.6. The molecule has 0 bridgehead atoms. The SMILES string of the molecule is O=C1NC(=O)/C(=C\c2cn(Cc3ccc([N+](=O)[O-])cc3)c3ccccc23)N1. The minimum absolute atomic E-state index is 0.0459. The normalized spacial score (nSPS) is 15.2. The van der Waals surface area contributed by atoms with E-state index in [2.05, 4.69) is 10.6 Å². The van der Waals surface area contributed by atoms with Crippen molar-refractivity contribution in [2.75, 3.05) is 0 Å². The number of nitrogens with zero attached hydrogens (tertiary/aromatic N) is 2. The first-order valence-corrected chi connectivity index (χ1v) is 8.16. The number of non-ortho nitro benzene ring substituents is 1. The minimum atomic E-state index is -0.541. The van der Waals surface area contributed by atoms with E-state index in [0.717, 1.165) is 22.0 Å². The van der Waals surface area contributed by atoms with E-state index in [1.807, 2.05) is 35.0 Å². The molecule has 3 amide bonds. The van der Waals surface area contributed by atoms with Crippen LogP contribution in [-0.4, -0.2) is 21.4 Å². The van der Waals surface area contributed by atoms with Gasteiger partial charge in [-0.05, 0) is 17.7 Å². The van der Waals surface area contributed by atoms with Gasteiger partial charge in [-0.2, -0.15) is 0 Å². The topological polar surface area (TPSA) is 106 Å². The van der Waals surface area contributed by atoms with Crippen LogP contribution in [0.1, 0.15) is 11.1 Å². The van der Waals surface area contributed by atoms with Gasteiger partial charge in [-0.15, -0.1) is 0 Å². The number of nitro groups is 1. The maximum absolute atomic E-state index is 11.8. The number of aromatic nitrogens is 1. The van der Waals surface area contributed by atoms with Gasteiger partial charge in [-0.3, -0.25) is 20.2 Å². The number of nitro benzene ring substituents is 1. The third kappa shape index (κ3) is 3.15. The number of carbonyl (C=O) groups excluding carboxylic acids is 2. The average molecular weight is 362 g/mol. The molecule has 1 aliphatic heterocycles. The van der Waals surface area contributed by atoms with Gasteiger partial charge >= 0.3 is 6.03 Å². The number of fused-ring (bicyclic) bond motifs is 1. The van der Waals surface area contributed by atoms with Crippen LogP contribution in [0.5, 0.6) is 0 Å². The molecule has 0 aliphatic carbocycles. The number of carbonyl (C=O) groups is 2. The minimum Gasteiger partial charge on any atom is -0.342 e. The molecule has 3 aromatic rings. The molecule has 2 aromatic carbocycles. The van der Waals surface area contributed by atoms with E-state index in [9.17, 15) is 19.7 Å². The summed E-state index contributed by atoms with van der Waals surface area (Å²) < 4.78 is 2.00. The number of urea groups is 1. The summed E-state index contributed by atoms with van der Waals surface area (Å²) in [5.74, 6) is -0.466. The largest absolute Gasteiger partial charge is 0.342 e. The summed E-state index contributed by atoms with van der Waals surface area (Å²) in [4.78, 5) is 33.5. The fourth-order valence-corrected chi connectivity index (χ4v) is 3.08. The Bertz CT molecular complexity index is 1110. The molecule has 0 radical (unpaired) electrons. The highest BCUT2D eigenvalue weighted by Gasteiger charge is 2.23. The van der Waals surface area contributed by atoms with Gasteiger partial charge in [0, 0.05) is 41.3 Å². The van der Waals surface area contributed by atoms with Crippen molar-refractivity contribution in [2.45, 2.75) is 6.54 Å². The fraction of sp³-hybridized carbons (Fsp3) is 0.0526. The Morgan fingerprint density at radius 2 is 1.78 bits per heavy atom. The van der Waals surface area contributed by atoms with Crippen molar-refractivity contribution in [3.05, 3.63) is 81.7 Å². The lowest BCUT2D eigenvalue weighted by molar-refractivity contribution is -0.384. The Hall–Kier alpha value is -3.94. The summed E-state index contributed by atoms with van der Waals surface area (Å²) in [5.41, 5.74) is 2.89. The Morgan fingerprint density at radius 3 is 2.44 bits per heavy atom. The summed E-state index contributed by atoms with van der Waals surface area (Å²) in [7, 11) is 0. The molecular formula is C19H14N4O4. The second kappa shape index (κ2) is 6.41. The average Bonchev–Trinajstić information content (AvgIpc) is 3.15. The Morgan fingerprint density at radius 1 is 1.04 bits per heavy atom. The van der Waals surface area contributed by atoms with Crippen LogP contribution >= 0.6 is 0 Å². The monoisotopic (exact) mass is 362 g/mol. The third-order valence-corrected chi connectivity index (χ3v) is 4.34. The smallest absolute Gasteiger partial charge is 0.326 e. The molecule has 134 valence electrons. The van der Waals surface area contributed by atoms with Crippen molar-refractivity contribution in [2.24, 2.45) is 0 Å². The Labute approximate surface area is 153 Å². The van der Waals surface area contributed by atoms with Crippen molar-refractivity contribution in [1.29, 1.82) is 0 Å². The first-order valence-electron chi connectivity index (χ1n) is 8.16. The summed E-state index contributed by atoms with van der Waals surface area (Å²) in [6.45, 7) is 0.514. The summed E-state index contributed by atoms with van der Waals surface area (Å²) in [5, 5.41) is 16.4. The number of nitrogens with one attached hydrogen (secondary N) is 2. The second-order valence-corrected chi connectivity index (χ2v) is 6.12. The van der Waals surface area contributed by atoms with Gasteiger partial charge in [0.15, 0.2) is 0 Å². The maximum Gasteiger partial charge on any atom is 0.326 e. The predicted octanol–water partition coefficient (Wildman–Crippen LogP) is 2.78. The van der Waals surface area contributed by atoms with Crippen molar-refractivity contribution < 1.29 is 14.5 Å². The molecule has 1 aromatic heterocycles. The van der Waals surface area contributed by atoms with Gasteiger partial charge in [0.2, 0.25) is 0 Å². The maximum atomic E-state index is 11.8. The molecule has 2 heterocycles. The van der Waals surface area contributed by atoms with E-state index >= 15 is 0 Å². The van der Waals surface area contributed by atoms with E-state index in [1.165, 1.54) is 12.1 Å². The van der Waals surface area contributed by atoms with Crippen LogP contribution in [0.15, 0.2) is 60.4 Å². The number of hydrogen-bond acceptors (Lipinski definition) is 4. The van der Waals surface area contributed by atoms with E-state index in [-0.39, 0.29) is 11.4 Å². The Kier molecular flexibility index (Phi) is 3.92. The van der Waals surface area contributed by atoms with Crippen molar-refractivity contribution in [3.63, 3.8) is 0 Å². The van der Waals surface area contributed by atoms with Crippen LogP contribution in [0.3, 0.4) is 0 Å². The first kappa shape index (κ1) is 16.5. The number of hydrogen-bond donors (Lipinski definition) is 2. The molecule has 2 N–H and O–H groups in total. The van der Waals surface area contributed by atoms with E-state index in [0.29, 0.717) is 6.54 Å². The highest BCUT2D eigenvalue weighted by molar-refractivity contribution is 6.14. The third-order valence-electron chi connectivity index (χ3n) is 4.34. The van der Waals surface area contributed by atoms with Gasteiger partial charge < -0.3 is 9.88 Å². The van der Waals surface area contributed by atoms with Gasteiger partial charge in [0.05, 0.1) is 4.92 Å². The molecule has 4 rings (SSSR count). The zero-order valence-corrected chi connectivity index (χ0v) is 14.0. The van der Waals surface area contributed by atoms with Crippen LogP contribution in [0.25, 0.3) is 17.0 Å². The molecule has 1 saturated heterocycles. The lowest BCUT2D eigenvalue weighted by atomic mass is 10.1. The zero-order chi connectivity index (χ0) is 19.0. The van der Waals surface area contributed by atoms with Crippen LogP contribution < -0.4 is 10.6 Å². The van der Waals surface area contributed by atoms with Gasteiger partial charge in [-0.1, -0.05) is 30.3 Å². The molecule has 8 nitrogen and oxygen atoms in total. The van der Waals surface area contributed by atoms with E-state index in [1.54, 1.807) is 18.2 Å². The van der Waals surface area contributed by atoms with Gasteiger partial charge in [0.1, 0.15) is 5.70 Å². The van der Waals surface area contributed by atoms with Crippen molar-refractivity contribution >= 4 is 34.6 Å². The molecule has 0 saturated carbocycles. The van der Waals surface area contributed by atoms with Crippen molar-refractivity contribution in [3.8, 4) is 0 Å². The predicted molar refractivity (Wildman–Crippen MR) is 98.8 cm³/mol. The number of rotatable bonds is 4. The molecule has 8 heteroatoms. The van der Waals surface area contributed by atoms with E-state index in [4.69, 9.17) is 0 Å². The number of benzene rings is 2. The molecule has 1 aliphatic rings. The molecular weight excluding hydrogens is 348 g/mol. The fourth-order valence-electron chi connectivity index (χ4n) is 3.08. The molecule has 0 unspecified atom stereocenters. The number of imide groups is 1. The van der Waals surface area contributed by atoms with Crippen molar-refractivity contribution in [1.82, 2.24) is 15.2 Å².